The van der Waals surface area contributed by atoms with Crippen molar-refractivity contribution < 1.29 is 8.81 Å². The van der Waals surface area contributed by atoms with Gasteiger partial charge in [-0.25, -0.2) is 9.37 Å². The minimum absolute atomic E-state index is 0.214. The molecule has 0 saturated heterocycles. The Morgan fingerprint density at radius 3 is 2.81 bits per heavy atom. The van der Waals surface area contributed by atoms with Gasteiger partial charge < -0.3 is 9.73 Å². The number of nitrogens with one attached hydrogen (secondary N) is 1. The average Bonchev–Trinajstić information content (AvgIpc) is 2.66. The van der Waals surface area contributed by atoms with E-state index in [1.165, 1.54) is 6.07 Å². The Kier molecular flexibility index (Phi) is 2.90. The van der Waals surface area contributed by atoms with E-state index in [0.29, 0.717) is 18.0 Å². The minimum Gasteiger partial charge on any atom is -0.444 e. The normalized spacial score (nSPS) is 10.4. The molecule has 1 aromatic heterocycles. The Balaban J connectivity index is 2.02. The number of hydrogen-bond donors (Lipinski definition) is 1. The van der Waals surface area contributed by atoms with E-state index in [1.807, 2.05) is 13.0 Å². The monoisotopic (exact) mass is 220 g/mol. The van der Waals surface area contributed by atoms with E-state index in [0.717, 1.165) is 11.4 Å². The zero-order chi connectivity index (χ0) is 11.5. The van der Waals surface area contributed by atoms with Gasteiger partial charge in [-0.2, -0.15) is 0 Å². The van der Waals surface area contributed by atoms with E-state index >= 15 is 0 Å². The smallest absolute Gasteiger partial charge is 0.213 e. The third-order valence-electron chi connectivity index (χ3n) is 2.28. The Hall–Kier alpha value is -1.84. The molecule has 16 heavy (non-hydrogen) atoms. The maximum atomic E-state index is 13.2. The molecule has 0 unspecified atom stereocenters. The van der Waals surface area contributed by atoms with Crippen molar-refractivity contribution in [3.63, 3.8) is 0 Å². The molecule has 0 radical (unpaired) electrons. The van der Waals surface area contributed by atoms with Crippen LogP contribution in [-0.4, -0.2) is 4.98 Å². The third-order valence-corrected chi connectivity index (χ3v) is 2.28. The molecule has 0 aliphatic rings. The summed E-state index contributed by atoms with van der Waals surface area (Å²) in [5.74, 6) is 1.15. The van der Waals surface area contributed by atoms with Crippen LogP contribution < -0.4 is 5.32 Å². The van der Waals surface area contributed by atoms with Crippen LogP contribution >= 0.6 is 0 Å². The first-order valence-electron chi connectivity index (χ1n) is 5.06. The summed E-state index contributed by atoms with van der Waals surface area (Å²) in [4.78, 5) is 4.05. The van der Waals surface area contributed by atoms with Gasteiger partial charge in [-0.15, -0.1) is 0 Å². The fourth-order valence-corrected chi connectivity index (χ4v) is 1.36. The van der Waals surface area contributed by atoms with Crippen LogP contribution in [0.3, 0.4) is 0 Å². The topological polar surface area (TPSA) is 38.1 Å². The van der Waals surface area contributed by atoms with Crippen molar-refractivity contribution in [2.45, 2.75) is 20.4 Å². The van der Waals surface area contributed by atoms with Gasteiger partial charge >= 0.3 is 0 Å². The van der Waals surface area contributed by atoms with Crippen LogP contribution in [0.5, 0.6) is 0 Å². The Morgan fingerprint density at radius 1 is 1.38 bits per heavy atom. The highest BCUT2D eigenvalue weighted by atomic mass is 19.1. The van der Waals surface area contributed by atoms with Crippen LogP contribution in [0.4, 0.5) is 10.1 Å². The van der Waals surface area contributed by atoms with Crippen molar-refractivity contribution in [1.29, 1.82) is 0 Å². The van der Waals surface area contributed by atoms with Crippen molar-refractivity contribution in [2.24, 2.45) is 0 Å². The van der Waals surface area contributed by atoms with Gasteiger partial charge in [-0.1, -0.05) is 6.07 Å². The molecule has 0 atom stereocenters. The summed E-state index contributed by atoms with van der Waals surface area (Å²) in [6, 6.07) is 5.03. The summed E-state index contributed by atoms with van der Waals surface area (Å²) in [5, 5.41) is 3.05. The maximum absolute atomic E-state index is 13.2. The number of aromatic nitrogens is 1. The fourth-order valence-electron chi connectivity index (χ4n) is 1.36. The number of nitrogens with zero attached hydrogens (tertiary/aromatic N) is 1. The Bertz CT molecular complexity index is 494. The van der Waals surface area contributed by atoms with Gasteiger partial charge in [0.15, 0.2) is 0 Å². The second-order valence-corrected chi connectivity index (χ2v) is 3.68. The van der Waals surface area contributed by atoms with Crippen LogP contribution in [-0.2, 0) is 6.54 Å². The molecule has 1 N–H and O–H groups in total. The van der Waals surface area contributed by atoms with Gasteiger partial charge in [0.25, 0.3) is 0 Å². The lowest BCUT2D eigenvalue weighted by Crippen LogP contribution is -2.00. The molecule has 0 saturated carbocycles. The molecule has 0 amide bonds. The Labute approximate surface area is 93.3 Å². The molecule has 0 fully saturated rings. The first kappa shape index (κ1) is 10.7. The number of halogens is 1. The van der Waals surface area contributed by atoms with Crippen molar-refractivity contribution >= 4 is 5.69 Å². The quantitative estimate of drug-likeness (QED) is 0.863. The molecule has 0 aliphatic carbocycles. The summed E-state index contributed by atoms with van der Waals surface area (Å²) in [5.41, 5.74) is 1.36. The second kappa shape index (κ2) is 4.35. The van der Waals surface area contributed by atoms with Crippen LogP contribution in [0.1, 0.15) is 17.2 Å². The number of rotatable bonds is 3. The van der Waals surface area contributed by atoms with Crippen LogP contribution in [0.2, 0.25) is 0 Å². The van der Waals surface area contributed by atoms with Gasteiger partial charge in [-0.3, -0.25) is 0 Å². The number of anilines is 1. The summed E-state index contributed by atoms with van der Waals surface area (Å²) >= 11 is 0. The van der Waals surface area contributed by atoms with Crippen molar-refractivity contribution in [2.75, 3.05) is 5.32 Å². The molecule has 0 bridgehead atoms. The molecule has 3 nitrogen and oxygen atoms in total. The standard InChI is InChI=1S/C12H13FN2O/c1-8-3-4-10(5-11(8)13)14-7-12-15-6-9(2)16-12/h3-6,14H,7H2,1-2H3. The molecule has 4 heteroatoms. The zero-order valence-electron chi connectivity index (χ0n) is 9.25. The van der Waals surface area contributed by atoms with Crippen molar-refractivity contribution in [3.05, 3.63) is 47.4 Å². The SMILES string of the molecule is Cc1cnc(CNc2ccc(C)c(F)c2)o1. The van der Waals surface area contributed by atoms with Crippen LogP contribution in [0.25, 0.3) is 0 Å². The zero-order valence-corrected chi connectivity index (χ0v) is 9.25. The maximum Gasteiger partial charge on any atom is 0.213 e. The second-order valence-electron chi connectivity index (χ2n) is 3.68. The number of aryl methyl sites for hydroxylation is 2. The van der Waals surface area contributed by atoms with Crippen molar-refractivity contribution in [3.8, 4) is 0 Å². The number of hydrogen-bond acceptors (Lipinski definition) is 3. The fraction of sp³-hybridized carbons (Fsp3) is 0.250. The van der Waals surface area contributed by atoms with E-state index in [9.17, 15) is 4.39 Å². The van der Waals surface area contributed by atoms with Gasteiger partial charge in [0.1, 0.15) is 11.6 Å². The van der Waals surface area contributed by atoms with E-state index in [4.69, 9.17) is 4.42 Å². The predicted molar refractivity (Wildman–Crippen MR) is 59.7 cm³/mol. The van der Waals surface area contributed by atoms with Crippen LogP contribution in [0, 0.1) is 19.7 Å². The van der Waals surface area contributed by atoms with Gasteiger partial charge in [-0.05, 0) is 31.5 Å². The highest BCUT2D eigenvalue weighted by Crippen LogP contribution is 2.14. The molecule has 2 aromatic rings. The predicted octanol–water partition coefficient (Wildman–Crippen LogP) is 3.04. The molecule has 2 rings (SSSR count). The lowest BCUT2D eigenvalue weighted by molar-refractivity contribution is 0.479. The van der Waals surface area contributed by atoms with Crippen molar-refractivity contribution in [1.82, 2.24) is 4.98 Å². The lowest BCUT2D eigenvalue weighted by Gasteiger charge is -2.04. The molecule has 84 valence electrons. The summed E-state index contributed by atoms with van der Waals surface area (Å²) in [6.07, 6.45) is 1.66. The minimum atomic E-state index is -0.214. The van der Waals surface area contributed by atoms with Gasteiger partial charge in [0.05, 0.1) is 12.7 Å². The lowest BCUT2D eigenvalue weighted by atomic mass is 10.2. The Morgan fingerprint density at radius 2 is 2.19 bits per heavy atom. The number of benzene rings is 1. The van der Waals surface area contributed by atoms with E-state index in [1.54, 1.807) is 19.2 Å². The molecule has 1 heterocycles. The third kappa shape index (κ3) is 2.39. The highest BCUT2D eigenvalue weighted by Gasteiger charge is 2.02. The molecular formula is C12H13FN2O. The van der Waals surface area contributed by atoms with E-state index < -0.39 is 0 Å². The summed E-state index contributed by atoms with van der Waals surface area (Å²) < 4.78 is 18.5. The van der Waals surface area contributed by atoms with Gasteiger partial charge in [0.2, 0.25) is 5.89 Å². The largest absolute Gasteiger partial charge is 0.444 e. The average molecular weight is 220 g/mol. The molecular weight excluding hydrogens is 207 g/mol. The molecule has 0 spiro atoms. The summed E-state index contributed by atoms with van der Waals surface area (Å²) in [7, 11) is 0. The first-order chi connectivity index (χ1) is 7.65. The van der Waals surface area contributed by atoms with Crippen LogP contribution in [0.15, 0.2) is 28.8 Å². The highest BCUT2D eigenvalue weighted by molar-refractivity contribution is 5.45. The molecule has 1 aromatic carbocycles. The first-order valence-corrected chi connectivity index (χ1v) is 5.06. The van der Waals surface area contributed by atoms with E-state index in [-0.39, 0.29) is 5.82 Å². The summed E-state index contributed by atoms with van der Waals surface area (Å²) in [6.45, 7) is 4.02. The molecule has 0 aliphatic heterocycles. The number of oxazole rings is 1. The van der Waals surface area contributed by atoms with E-state index in [2.05, 4.69) is 10.3 Å². The van der Waals surface area contributed by atoms with Gasteiger partial charge in [0, 0.05) is 5.69 Å².